The van der Waals surface area contributed by atoms with Gasteiger partial charge in [-0.1, -0.05) is 51.1 Å². The second-order valence-corrected chi connectivity index (χ2v) is 6.38. The first-order chi connectivity index (χ1) is 8.47. The normalized spacial score (nSPS) is 18.2. The van der Waals surface area contributed by atoms with Crippen molar-refractivity contribution in [1.82, 2.24) is 4.90 Å². The van der Waals surface area contributed by atoms with Gasteiger partial charge < -0.3 is 4.90 Å². The summed E-state index contributed by atoms with van der Waals surface area (Å²) in [4.78, 5) is 14.1. The Bertz CT molecular complexity index is 405. The fourth-order valence-corrected chi connectivity index (χ4v) is 2.66. The van der Waals surface area contributed by atoms with E-state index in [4.69, 9.17) is 0 Å². The zero-order valence-corrected chi connectivity index (χ0v) is 11.6. The molecule has 1 unspecified atom stereocenters. The molecule has 2 rings (SSSR count). The van der Waals surface area contributed by atoms with E-state index in [0.717, 1.165) is 19.4 Å². The lowest BCUT2D eigenvalue weighted by Crippen LogP contribution is -2.32. The highest BCUT2D eigenvalue weighted by atomic mass is 16.2. The molecular formula is C16H23NO. The molecule has 0 N–H and O–H groups in total. The lowest BCUT2D eigenvalue weighted by atomic mass is 9.85. The topological polar surface area (TPSA) is 20.3 Å². The maximum atomic E-state index is 12.0. The lowest BCUT2D eigenvalue weighted by molar-refractivity contribution is -0.130. The van der Waals surface area contributed by atoms with Crippen molar-refractivity contribution in [2.24, 2.45) is 5.41 Å². The fraction of sp³-hybridized carbons (Fsp3) is 0.562. The minimum Gasteiger partial charge on any atom is -0.336 e. The summed E-state index contributed by atoms with van der Waals surface area (Å²) in [6, 6.07) is 10.7. The third kappa shape index (κ3) is 3.12. The van der Waals surface area contributed by atoms with Crippen LogP contribution in [0.1, 0.15) is 51.6 Å². The molecule has 1 atom stereocenters. The highest BCUT2D eigenvalue weighted by molar-refractivity contribution is 5.78. The monoisotopic (exact) mass is 245 g/mol. The molecule has 18 heavy (non-hydrogen) atoms. The van der Waals surface area contributed by atoms with Crippen molar-refractivity contribution in [3.8, 4) is 0 Å². The number of likely N-dealkylation sites (tertiary alicyclic amines) is 1. The first-order valence-corrected chi connectivity index (χ1v) is 6.82. The second-order valence-electron chi connectivity index (χ2n) is 6.38. The molecule has 0 saturated carbocycles. The summed E-state index contributed by atoms with van der Waals surface area (Å²) in [7, 11) is 0. The molecule has 2 nitrogen and oxygen atoms in total. The predicted octanol–water partition coefficient (Wildman–Crippen LogP) is 3.79. The predicted molar refractivity (Wildman–Crippen MR) is 74.2 cm³/mol. The molecule has 1 aromatic carbocycles. The minimum absolute atomic E-state index is 0.226. The first-order valence-electron chi connectivity index (χ1n) is 6.82. The van der Waals surface area contributed by atoms with Crippen LogP contribution in [0, 0.1) is 5.41 Å². The van der Waals surface area contributed by atoms with Crippen LogP contribution in [0.25, 0.3) is 0 Å². The van der Waals surface area contributed by atoms with Gasteiger partial charge >= 0.3 is 0 Å². The summed E-state index contributed by atoms with van der Waals surface area (Å²) in [5.41, 5.74) is 1.49. The average Bonchev–Trinajstić information content (AvgIpc) is 2.72. The SMILES string of the molecule is CC(C)(C)CC(c1ccccc1)N1CCCC1=O. The Hall–Kier alpha value is -1.31. The number of carbonyl (C=O) groups excluding carboxylic acids is 1. The highest BCUT2D eigenvalue weighted by Crippen LogP contribution is 2.35. The van der Waals surface area contributed by atoms with Gasteiger partial charge in [-0.15, -0.1) is 0 Å². The molecule has 0 bridgehead atoms. The van der Waals surface area contributed by atoms with Crippen LogP contribution in [-0.4, -0.2) is 17.4 Å². The van der Waals surface area contributed by atoms with Gasteiger partial charge in [-0.05, 0) is 23.8 Å². The molecule has 1 heterocycles. The summed E-state index contributed by atoms with van der Waals surface area (Å²) in [5, 5.41) is 0. The van der Waals surface area contributed by atoms with Crippen molar-refractivity contribution in [3.63, 3.8) is 0 Å². The summed E-state index contributed by atoms with van der Waals surface area (Å²) in [5.74, 6) is 0.313. The Labute approximate surface area is 110 Å². The molecule has 0 aliphatic carbocycles. The van der Waals surface area contributed by atoms with Crippen LogP contribution >= 0.6 is 0 Å². The van der Waals surface area contributed by atoms with Crippen LogP contribution in [0.3, 0.4) is 0 Å². The first kappa shape index (κ1) is 13.1. The Balaban J connectivity index is 2.26. The average molecular weight is 245 g/mol. The van der Waals surface area contributed by atoms with E-state index in [2.05, 4.69) is 49.9 Å². The van der Waals surface area contributed by atoms with Crippen molar-refractivity contribution in [2.75, 3.05) is 6.54 Å². The van der Waals surface area contributed by atoms with Crippen LogP contribution < -0.4 is 0 Å². The quantitative estimate of drug-likeness (QED) is 0.793. The number of carbonyl (C=O) groups is 1. The third-order valence-electron chi connectivity index (χ3n) is 3.48. The number of rotatable bonds is 3. The molecule has 1 amide bonds. The maximum Gasteiger partial charge on any atom is 0.223 e. The van der Waals surface area contributed by atoms with Gasteiger partial charge in [0.05, 0.1) is 6.04 Å². The van der Waals surface area contributed by atoms with Crippen molar-refractivity contribution >= 4 is 5.91 Å². The number of benzene rings is 1. The van der Waals surface area contributed by atoms with Gasteiger partial charge in [0.25, 0.3) is 0 Å². The standard InChI is InChI=1S/C16H23NO/c1-16(2,3)12-14(13-8-5-4-6-9-13)17-11-7-10-15(17)18/h4-6,8-9,14H,7,10-12H2,1-3H3. The number of nitrogens with zero attached hydrogens (tertiary/aromatic N) is 1. The number of hydrogen-bond acceptors (Lipinski definition) is 1. The maximum absolute atomic E-state index is 12.0. The second kappa shape index (κ2) is 5.13. The summed E-state index contributed by atoms with van der Waals surface area (Å²) in [6.07, 6.45) is 2.74. The smallest absolute Gasteiger partial charge is 0.223 e. The van der Waals surface area contributed by atoms with E-state index in [-0.39, 0.29) is 11.5 Å². The lowest BCUT2D eigenvalue weighted by Gasteiger charge is -2.33. The molecule has 0 spiro atoms. The summed E-state index contributed by atoms with van der Waals surface area (Å²) >= 11 is 0. The molecule has 1 saturated heterocycles. The molecule has 0 radical (unpaired) electrons. The van der Waals surface area contributed by atoms with E-state index >= 15 is 0 Å². The molecule has 1 fully saturated rings. The molecule has 2 heteroatoms. The zero-order valence-electron chi connectivity index (χ0n) is 11.6. The molecular weight excluding hydrogens is 222 g/mol. The van der Waals surface area contributed by atoms with Gasteiger partial charge in [0.2, 0.25) is 5.91 Å². The van der Waals surface area contributed by atoms with Crippen LogP contribution in [0.15, 0.2) is 30.3 Å². The third-order valence-corrected chi connectivity index (χ3v) is 3.48. The van der Waals surface area contributed by atoms with Gasteiger partial charge in [0.15, 0.2) is 0 Å². The molecule has 0 aromatic heterocycles. The molecule has 1 aromatic rings. The van der Waals surface area contributed by atoms with Crippen molar-refractivity contribution in [1.29, 1.82) is 0 Å². The molecule has 1 aliphatic rings. The molecule has 1 aliphatic heterocycles. The summed E-state index contributed by atoms with van der Waals surface area (Å²) < 4.78 is 0. The van der Waals surface area contributed by atoms with Crippen molar-refractivity contribution < 1.29 is 4.79 Å². The Morgan fingerprint density at radius 2 is 1.89 bits per heavy atom. The van der Waals surface area contributed by atoms with Gasteiger partial charge in [-0.2, -0.15) is 0 Å². The van der Waals surface area contributed by atoms with Crippen LogP contribution in [0.4, 0.5) is 0 Å². The van der Waals surface area contributed by atoms with Gasteiger partial charge in [0.1, 0.15) is 0 Å². The van der Waals surface area contributed by atoms with Crippen LogP contribution in [0.5, 0.6) is 0 Å². The Morgan fingerprint density at radius 1 is 1.22 bits per heavy atom. The van der Waals surface area contributed by atoms with E-state index in [0.29, 0.717) is 12.3 Å². The van der Waals surface area contributed by atoms with E-state index in [9.17, 15) is 4.79 Å². The Morgan fingerprint density at radius 3 is 2.39 bits per heavy atom. The van der Waals surface area contributed by atoms with Crippen LogP contribution in [0.2, 0.25) is 0 Å². The van der Waals surface area contributed by atoms with E-state index in [1.165, 1.54) is 5.56 Å². The van der Waals surface area contributed by atoms with E-state index < -0.39 is 0 Å². The van der Waals surface area contributed by atoms with Crippen molar-refractivity contribution in [2.45, 2.75) is 46.1 Å². The zero-order chi connectivity index (χ0) is 13.2. The Kier molecular flexibility index (Phi) is 3.74. The van der Waals surface area contributed by atoms with Gasteiger partial charge in [-0.3, -0.25) is 4.79 Å². The minimum atomic E-state index is 0.226. The van der Waals surface area contributed by atoms with E-state index in [1.54, 1.807) is 0 Å². The fourth-order valence-electron chi connectivity index (χ4n) is 2.66. The van der Waals surface area contributed by atoms with Crippen LogP contribution in [-0.2, 0) is 4.79 Å². The largest absolute Gasteiger partial charge is 0.336 e. The number of hydrogen-bond donors (Lipinski definition) is 0. The molecule has 98 valence electrons. The van der Waals surface area contributed by atoms with Gasteiger partial charge in [-0.25, -0.2) is 0 Å². The van der Waals surface area contributed by atoms with Gasteiger partial charge in [0, 0.05) is 13.0 Å². The number of amides is 1. The highest BCUT2D eigenvalue weighted by Gasteiger charge is 2.31. The van der Waals surface area contributed by atoms with Crippen molar-refractivity contribution in [3.05, 3.63) is 35.9 Å². The van der Waals surface area contributed by atoms with E-state index in [1.807, 2.05) is 6.07 Å². The summed E-state index contributed by atoms with van der Waals surface area (Å²) in [6.45, 7) is 7.63.